The van der Waals surface area contributed by atoms with E-state index >= 15 is 0 Å². The van der Waals surface area contributed by atoms with Crippen molar-refractivity contribution in [2.75, 3.05) is 6.54 Å². The van der Waals surface area contributed by atoms with Crippen LogP contribution in [0.1, 0.15) is 50.2 Å². The van der Waals surface area contributed by atoms with Crippen LogP contribution in [-0.4, -0.2) is 12.3 Å². The summed E-state index contributed by atoms with van der Waals surface area (Å²) in [4.78, 5) is 4.87. The number of aliphatic imine (C=N–C) groups is 1. The van der Waals surface area contributed by atoms with E-state index in [4.69, 9.17) is 4.99 Å². The first-order chi connectivity index (χ1) is 10.3. The van der Waals surface area contributed by atoms with Crippen LogP contribution in [0.5, 0.6) is 0 Å². The molecule has 0 amide bonds. The van der Waals surface area contributed by atoms with E-state index in [1.165, 1.54) is 23.3 Å². The van der Waals surface area contributed by atoms with Crippen LogP contribution in [0, 0.1) is 0 Å². The van der Waals surface area contributed by atoms with Gasteiger partial charge in [0.1, 0.15) is 0 Å². The molecule has 0 heterocycles. The molecule has 1 heteroatoms. The summed E-state index contributed by atoms with van der Waals surface area (Å²) in [5.74, 6) is 0.492. The van der Waals surface area contributed by atoms with Gasteiger partial charge in [0, 0.05) is 12.3 Å². The molecule has 0 aliphatic rings. The maximum absolute atomic E-state index is 4.87. The van der Waals surface area contributed by atoms with E-state index in [0.717, 1.165) is 19.4 Å². The monoisotopic (exact) mass is 279 g/mol. The fourth-order valence-electron chi connectivity index (χ4n) is 2.47. The minimum atomic E-state index is 0.492. The van der Waals surface area contributed by atoms with Crippen LogP contribution in [0.25, 0.3) is 0 Å². The Bertz CT molecular complexity index is 543. The lowest BCUT2D eigenvalue weighted by atomic mass is 9.92. The van der Waals surface area contributed by atoms with Crippen molar-refractivity contribution in [3.05, 3.63) is 71.8 Å². The minimum Gasteiger partial charge on any atom is -0.289 e. The molecule has 1 unspecified atom stereocenters. The molecule has 0 aliphatic heterocycles. The Kier molecular flexibility index (Phi) is 6.21. The number of benzene rings is 2. The highest BCUT2D eigenvalue weighted by Crippen LogP contribution is 2.21. The second-order valence-corrected chi connectivity index (χ2v) is 5.56. The van der Waals surface area contributed by atoms with E-state index < -0.39 is 0 Å². The van der Waals surface area contributed by atoms with Gasteiger partial charge in [0.15, 0.2) is 0 Å². The Morgan fingerprint density at radius 3 is 2.19 bits per heavy atom. The fraction of sp³-hybridized carbons (Fsp3) is 0.350. The Morgan fingerprint density at radius 1 is 0.952 bits per heavy atom. The number of hydrogen-bond donors (Lipinski definition) is 0. The van der Waals surface area contributed by atoms with Crippen LogP contribution in [-0.2, 0) is 0 Å². The molecule has 0 bridgehead atoms. The predicted molar refractivity (Wildman–Crippen MR) is 92.2 cm³/mol. The smallest absolute Gasteiger partial charge is 0.0426 e. The average Bonchev–Trinajstić information content (AvgIpc) is 2.55. The van der Waals surface area contributed by atoms with Crippen molar-refractivity contribution in [1.82, 2.24) is 0 Å². The average molecular weight is 279 g/mol. The minimum absolute atomic E-state index is 0.492. The lowest BCUT2D eigenvalue weighted by Crippen LogP contribution is -2.07. The first kappa shape index (κ1) is 15.5. The Balaban J connectivity index is 2.14. The molecule has 0 aliphatic carbocycles. The zero-order chi connectivity index (χ0) is 14.9. The van der Waals surface area contributed by atoms with Gasteiger partial charge in [-0.2, -0.15) is 0 Å². The van der Waals surface area contributed by atoms with Crippen LogP contribution in [0.15, 0.2) is 65.7 Å². The van der Waals surface area contributed by atoms with Crippen LogP contribution >= 0.6 is 0 Å². The molecule has 0 radical (unpaired) electrons. The maximum atomic E-state index is 4.87. The molecule has 0 aromatic heterocycles. The zero-order valence-corrected chi connectivity index (χ0v) is 13.1. The zero-order valence-electron chi connectivity index (χ0n) is 13.1. The lowest BCUT2D eigenvalue weighted by Gasteiger charge is -2.14. The van der Waals surface area contributed by atoms with Crippen molar-refractivity contribution in [3.63, 3.8) is 0 Å². The predicted octanol–water partition coefficient (Wildman–Crippen LogP) is 5.47. The number of rotatable bonds is 7. The van der Waals surface area contributed by atoms with Gasteiger partial charge >= 0.3 is 0 Å². The maximum Gasteiger partial charge on any atom is 0.0426 e. The molecule has 0 saturated heterocycles. The Morgan fingerprint density at radius 2 is 1.57 bits per heavy atom. The molecule has 2 aromatic rings. The topological polar surface area (TPSA) is 12.4 Å². The molecule has 0 fully saturated rings. The fourth-order valence-corrected chi connectivity index (χ4v) is 2.47. The molecule has 2 rings (SSSR count). The van der Waals surface area contributed by atoms with Crippen molar-refractivity contribution < 1.29 is 0 Å². The van der Waals surface area contributed by atoms with Crippen molar-refractivity contribution in [1.29, 1.82) is 0 Å². The summed E-state index contributed by atoms with van der Waals surface area (Å²) in [7, 11) is 0. The van der Waals surface area contributed by atoms with Gasteiger partial charge < -0.3 is 0 Å². The standard InChI is InChI=1S/C20H25N/c1-3-4-15-21-20(19-13-9-6-10-14-19)16-17(2)18-11-7-5-8-12-18/h5-14,17H,3-4,15-16H2,1-2H3. The Hall–Kier alpha value is -1.89. The molecular weight excluding hydrogens is 254 g/mol. The van der Waals surface area contributed by atoms with Gasteiger partial charge in [0.2, 0.25) is 0 Å². The highest BCUT2D eigenvalue weighted by Gasteiger charge is 2.11. The van der Waals surface area contributed by atoms with E-state index in [1.807, 2.05) is 0 Å². The van der Waals surface area contributed by atoms with Crippen LogP contribution < -0.4 is 0 Å². The molecule has 0 N–H and O–H groups in total. The van der Waals surface area contributed by atoms with Crippen molar-refractivity contribution in [2.45, 2.75) is 39.0 Å². The van der Waals surface area contributed by atoms with Crippen LogP contribution in [0.4, 0.5) is 0 Å². The number of hydrogen-bond acceptors (Lipinski definition) is 1. The van der Waals surface area contributed by atoms with Crippen molar-refractivity contribution in [2.24, 2.45) is 4.99 Å². The summed E-state index contributed by atoms with van der Waals surface area (Å²) >= 11 is 0. The van der Waals surface area contributed by atoms with Gasteiger partial charge in [-0.15, -0.1) is 0 Å². The third-order valence-electron chi connectivity index (χ3n) is 3.79. The van der Waals surface area contributed by atoms with Gasteiger partial charge in [-0.3, -0.25) is 4.99 Å². The van der Waals surface area contributed by atoms with Gasteiger partial charge in [-0.05, 0) is 29.9 Å². The summed E-state index contributed by atoms with van der Waals surface area (Å²) in [6.07, 6.45) is 3.35. The molecular formula is C20H25N. The third-order valence-corrected chi connectivity index (χ3v) is 3.79. The van der Waals surface area contributed by atoms with E-state index in [-0.39, 0.29) is 0 Å². The summed E-state index contributed by atoms with van der Waals surface area (Å²) in [5.41, 5.74) is 3.88. The first-order valence-electron chi connectivity index (χ1n) is 7.95. The molecule has 1 atom stereocenters. The Labute approximate surface area is 128 Å². The second-order valence-electron chi connectivity index (χ2n) is 5.56. The van der Waals surface area contributed by atoms with E-state index in [0.29, 0.717) is 5.92 Å². The van der Waals surface area contributed by atoms with Crippen LogP contribution in [0.3, 0.4) is 0 Å². The van der Waals surface area contributed by atoms with Crippen LogP contribution in [0.2, 0.25) is 0 Å². The van der Waals surface area contributed by atoms with E-state index in [1.54, 1.807) is 0 Å². The van der Waals surface area contributed by atoms with E-state index in [2.05, 4.69) is 74.5 Å². The highest BCUT2D eigenvalue weighted by atomic mass is 14.7. The third kappa shape index (κ3) is 4.86. The molecule has 21 heavy (non-hydrogen) atoms. The SMILES string of the molecule is CCCCN=C(CC(C)c1ccccc1)c1ccccc1. The normalized spacial score (nSPS) is 13.1. The summed E-state index contributed by atoms with van der Waals surface area (Å²) < 4.78 is 0. The van der Waals surface area contributed by atoms with Crippen molar-refractivity contribution in [3.8, 4) is 0 Å². The summed E-state index contributed by atoms with van der Waals surface area (Å²) in [6, 6.07) is 21.3. The molecule has 0 saturated carbocycles. The second kappa shape index (κ2) is 8.41. The summed E-state index contributed by atoms with van der Waals surface area (Å²) in [6.45, 7) is 5.43. The molecule has 110 valence electrons. The van der Waals surface area contributed by atoms with Crippen molar-refractivity contribution >= 4 is 5.71 Å². The van der Waals surface area contributed by atoms with Gasteiger partial charge in [-0.1, -0.05) is 80.9 Å². The largest absolute Gasteiger partial charge is 0.289 e. The first-order valence-corrected chi connectivity index (χ1v) is 7.95. The molecule has 1 nitrogen and oxygen atoms in total. The number of unbranched alkanes of at least 4 members (excludes halogenated alkanes) is 1. The van der Waals surface area contributed by atoms with Gasteiger partial charge in [-0.25, -0.2) is 0 Å². The van der Waals surface area contributed by atoms with Gasteiger partial charge in [0.05, 0.1) is 0 Å². The van der Waals surface area contributed by atoms with Gasteiger partial charge in [0.25, 0.3) is 0 Å². The molecule has 0 spiro atoms. The quantitative estimate of drug-likeness (QED) is 0.471. The van der Waals surface area contributed by atoms with E-state index in [9.17, 15) is 0 Å². The molecule has 2 aromatic carbocycles. The summed E-state index contributed by atoms with van der Waals surface area (Å²) in [5, 5.41) is 0. The number of nitrogens with zero attached hydrogens (tertiary/aromatic N) is 1. The highest BCUT2D eigenvalue weighted by molar-refractivity contribution is 6.01. The lowest BCUT2D eigenvalue weighted by molar-refractivity contribution is 0.780.